The third kappa shape index (κ3) is 4.51. The van der Waals surface area contributed by atoms with Crippen molar-refractivity contribution in [1.82, 2.24) is 8.87 Å². The molecule has 0 saturated carbocycles. The Labute approximate surface area is 197 Å². The molecule has 0 atom stereocenters. The summed E-state index contributed by atoms with van der Waals surface area (Å²) in [4.78, 5) is 18.0. The van der Waals surface area contributed by atoms with Gasteiger partial charge >= 0.3 is 0 Å². The predicted molar refractivity (Wildman–Crippen MR) is 134 cm³/mol. The molecule has 0 bridgehead atoms. The van der Waals surface area contributed by atoms with Gasteiger partial charge in [-0.15, -0.1) is 0 Å². The Morgan fingerprint density at radius 2 is 1.64 bits per heavy atom. The van der Waals surface area contributed by atoms with Crippen LogP contribution in [0.2, 0.25) is 0 Å². The normalized spacial score (nSPS) is 12.8. The van der Waals surface area contributed by atoms with Crippen molar-refractivity contribution >= 4 is 48.3 Å². The summed E-state index contributed by atoms with van der Waals surface area (Å²) < 4.78 is 30.4. The summed E-state index contributed by atoms with van der Waals surface area (Å²) in [6.45, 7) is 4.86. The molecule has 0 N–H and O–H groups in total. The number of sulfonamides is 1. The molecule has 0 aliphatic carbocycles. The Bertz CT molecular complexity index is 1480. The summed E-state index contributed by atoms with van der Waals surface area (Å²) in [5.74, 6) is -0.399. The predicted octanol–water partition coefficient (Wildman–Crippen LogP) is 4.94. The van der Waals surface area contributed by atoms with Crippen LogP contribution in [-0.2, 0) is 17.1 Å². The van der Waals surface area contributed by atoms with Gasteiger partial charge in [0.15, 0.2) is 4.80 Å². The Morgan fingerprint density at radius 1 is 0.970 bits per heavy atom. The number of carbonyl (C=O) groups excluding carboxylic acids is 1. The number of aryl methyl sites for hydroxylation is 1. The fraction of sp³-hybridized carbons (Fsp3) is 0.280. The first-order valence-corrected chi connectivity index (χ1v) is 13.3. The van der Waals surface area contributed by atoms with Gasteiger partial charge in [-0.05, 0) is 48.6 Å². The van der Waals surface area contributed by atoms with Crippen LogP contribution in [0.25, 0.3) is 21.0 Å². The van der Waals surface area contributed by atoms with E-state index in [-0.39, 0.29) is 4.90 Å². The van der Waals surface area contributed by atoms with Gasteiger partial charge in [-0.1, -0.05) is 55.5 Å². The van der Waals surface area contributed by atoms with E-state index >= 15 is 0 Å². The minimum Gasteiger partial charge on any atom is -0.319 e. The molecule has 4 rings (SSSR count). The summed E-state index contributed by atoms with van der Waals surface area (Å²) >= 11 is 1.46. The number of benzene rings is 3. The van der Waals surface area contributed by atoms with Gasteiger partial charge in [0, 0.05) is 31.1 Å². The average Bonchev–Trinajstić information content (AvgIpc) is 3.14. The summed E-state index contributed by atoms with van der Waals surface area (Å²) in [5, 5.41) is 2.24. The minimum atomic E-state index is -3.58. The molecule has 3 aromatic carbocycles. The first-order valence-electron chi connectivity index (χ1n) is 11.0. The van der Waals surface area contributed by atoms with Gasteiger partial charge in [0.2, 0.25) is 10.0 Å². The van der Waals surface area contributed by atoms with Crippen molar-refractivity contribution in [3.05, 3.63) is 71.0 Å². The number of rotatable bonds is 7. The van der Waals surface area contributed by atoms with Crippen LogP contribution in [0.5, 0.6) is 0 Å². The number of hydrogen-bond acceptors (Lipinski definition) is 4. The molecule has 1 amide bonds. The van der Waals surface area contributed by atoms with E-state index in [1.807, 2.05) is 43.7 Å². The van der Waals surface area contributed by atoms with Crippen LogP contribution in [0.4, 0.5) is 0 Å². The lowest BCUT2D eigenvalue weighted by Crippen LogP contribution is -2.32. The maximum atomic E-state index is 13.0. The Hall–Kier alpha value is -2.81. The van der Waals surface area contributed by atoms with Gasteiger partial charge in [-0.25, -0.2) is 8.42 Å². The fourth-order valence-electron chi connectivity index (χ4n) is 3.94. The molecule has 0 saturated heterocycles. The SMILES string of the molecule is CCCN(CCC)S(=O)(=O)c1ccc(C(=O)N=c2sc3ccc4ccccc4c3n2C)cc1. The lowest BCUT2D eigenvalue weighted by molar-refractivity contribution is 0.0998. The first-order chi connectivity index (χ1) is 15.9. The highest BCUT2D eigenvalue weighted by atomic mass is 32.2. The van der Waals surface area contributed by atoms with Crippen LogP contribution < -0.4 is 4.80 Å². The molecule has 172 valence electrons. The molecule has 8 heteroatoms. The first kappa shape index (κ1) is 23.4. The van der Waals surface area contributed by atoms with Crippen LogP contribution in [0.15, 0.2) is 70.6 Å². The van der Waals surface area contributed by atoms with Crippen molar-refractivity contribution in [2.45, 2.75) is 31.6 Å². The zero-order valence-electron chi connectivity index (χ0n) is 19.0. The molecule has 1 heterocycles. The highest BCUT2D eigenvalue weighted by Gasteiger charge is 2.23. The summed E-state index contributed by atoms with van der Waals surface area (Å²) in [5.41, 5.74) is 1.40. The van der Waals surface area contributed by atoms with E-state index in [4.69, 9.17) is 0 Å². The summed E-state index contributed by atoms with van der Waals surface area (Å²) in [6.07, 6.45) is 1.49. The molecule has 0 unspecified atom stereocenters. The largest absolute Gasteiger partial charge is 0.319 e. The third-order valence-corrected chi connectivity index (χ3v) is 8.58. The van der Waals surface area contributed by atoms with Crippen molar-refractivity contribution < 1.29 is 13.2 Å². The molecular weight excluding hydrogens is 454 g/mol. The van der Waals surface area contributed by atoms with Crippen LogP contribution >= 0.6 is 11.3 Å². The molecule has 33 heavy (non-hydrogen) atoms. The van der Waals surface area contributed by atoms with Gasteiger partial charge in [0.25, 0.3) is 5.91 Å². The van der Waals surface area contributed by atoms with E-state index in [0.29, 0.717) is 23.5 Å². The van der Waals surface area contributed by atoms with Crippen LogP contribution in [0, 0.1) is 0 Å². The maximum Gasteiger partial charge on any atom is 0.279 e. The topological polar surface area (TPSA) is 71.7 Å². The van der Waals surface area contributed by atoms with Crippen LogP contribution in [0.3, 0.4) is 0 Å². The number of nitrogens with zero attached hydrogens (tertiary/aromatic N) is 3. The van der Waals surface area contributed by atoms with Gasteiger partial charge in [-0.3, -0.25) is 4.79 Å². The number of thiazole rings is 1. The van der Waals surface area contributed by atoms with E-state index in [1.54, 1.807) is 0 Å². The van der Waals surface area contributed by atoms with Gasteiger partial charge in [-0.2, -0.15) is 9.30 Å². The van der Waals surface area contributed by atoms with Gasteiger partial charge < -0.3 is 4.57 Å². The van der Waals surface area contributed by atoms with Crippen molar-refractivity contribution in [2.75, 3.05) is 13.1 Å². The number of fused-ring (bicyclic) bond motifs is 3. The second-order valence-electron chi connectivity index (χ2n) is 7.92. The van der Waals surface area contributed by atoms with Crippen LogP contribution in [-0.4, -0.2) is 36.3 Å². The summed E-state index contributed by atoms with van der Waals surface area (Å²) in [6, 6.07) is 18.3. The Kier molecular flexibility index (Phi) is 6.78. The number of carbonyl (C=O) groups is 1. The number of hydrogen-bond donors (Lipinski definition) is 0. The standard InChI is InChI=1S/C25H27N3O3S2/c1-4-16-28(17-5-2)33(30,31)20-13-10-19(11-14-20)24(29)26-25-27(3)23-21-9-7-6-8-18(21)12-15-22(23)32-25/h6-15H,4-5,16-17H2,1-3H3. The van der Waals surface area contributed by atoms with Crippen molar-refractivity contribution in [3.63, 3.8) is 0 Å². The third-order valence-electron chi connectivity index (χ3n) is 5.57. The van der Waals surface area contributed by atoms with Crippen molar-refractivity contribution in [2.24, 2.45) is 12.0 Å². The van der Waals surface area contributed by atoms with Gasteiger partial charge in [0.1, 0.15) is 0 Å². The van der Waals surface area contributed by atoms with Gasteiger partial charge in [0.05, 0.1) is 15.1 Å². The lowest BCUT2D eigenvalue weighted by Gasteiger charge is -2.21. The zero-order valence-corrected chi connectivity index (χ0v) is 20.6. The van der Waals surface area contributed by atoms with E-state index in [0.717, 1.165) is 33.8 Å². The molecule has 6 nitrogen and oxygen atoms in total. The second kappa shape index (κ2) is 9.59. The second-order valence-corrected chi connectivity index (χ2v) is 10.9. The Morgan fingerprint density at radius 3 is 2.30 bits per heavy atom. The molecule has 1 aromatic heterocycles. The van der Waals surface area contributed by atoms with Crippen molar-refractivity contribution in [3.8, 4) is 0 Å². The smallest absolute Gasteiger partial charge is 0.279 e. The molecule has 0 aliphatic rings. The highest BCUT2D eigenvalue weighted by molar-refractivity contribution is 7.89. The zero-order chi connectivity index (χ0) is 23.6. The van der Waals surface area contributed by atoms with Crippen molar-refractivity contribution in [1.29, 1.82) is 0 Å². The van der Waals surface area contributed by atoms with Crippen LogP contribution in [0.1, 0.15) is 37.0 Å². The molecule has 4 aromatic rings. The fourth-order valence-corrected chi connectivity index (χ4v) is 6.60. The van der Waals surface area contributed by atoms with E-state index in [2.05, 4.69) is 23.2 Å². The average molecular weight is 482 g/mol. The quantitative estimate of drug-likeness (QED) is 0.375. The lowest BCUT2D eigenvalue weighted by atomic mass is 10.1. The molecule has 0 aliphatic heterocycles. The van der Waals surface area contributed by atoms with E-state index < -0.39 is 15.9 Å². The Balaban J connectivity index is 1.67. The summed E-state index contributed by atoms with van der Waals surface area (Å²) in [7, 11) is -1.68. The monoisotopic (exact) mass is 481 g/mol. The van der Waals surface area contributed by atoms with E-state index in [1.165, 1.54) is 39.9 Å². The molecule has 0 radical (unpaired) electrons. The molecular formula is C25H27N3O3S2. The minimum absolute atomic E-state index is 0.194. The maximum absolute atomic E-state index is 13.0. The van der Waals surface area contributed by atoms with E-state index in [9.17, 15) is 13.2 Å². The molecule has 0 spiro atoms. The highest BCUT2D eigenvalue weighted by Crippen LogP contribution is 2.26. The number of amides is 1. The number of aromatic nitrogens is 1. The molecule has 0 fully saturated rings.